The first kappa shape index (κ1) is 18.6. The number of thiophene rings is 1. The molecular formula is C17H16N4O2S3. The molecule has 0 atom stereocenters. The third-order valence-corrected chi connectivity index (χ3v) is 6.16. The van der Waals surface area contributed by atoms with Crippen LogP contribution >= 0.6 is 34.4 Å². The van der Waals surface area contributed by atoms with E-state index in [1.54, 1.807) is 23.5 Å². The first-order valence-electron chi connectivity index (χ1n) is 7.73. The van der Waals surface area contributed by atoms with Crippen molar-refractivity contribution in [2.45, 2.75) is 17.8 Å². The van der Waals surface area contributed by atoms with Gasteiger partial charge in [0.15, 0.2) is 4.34 Å². The molecule has 0 aliphatic rings. The molecule has 0 saturated carbocycles. The molecule has 9 heteroatoms. The maximum Gasteiger partial charge on any atom is 0.257 e. The third-order valence-electron chi connectivity index (χ3n) is 3.31. The van der Waals surface area contributed by atoms with Crippen molar-refractivity contribution in [2.24, 2.45) is 0 Å². The molecule has 0 fully saturated rings. The Bertz CT molecular complexity index is 876. The molecular weight excluding hydrogens is 388 g/mol. The zero-order valence-corrected chi connectivity index (χ0v) is 16.3. The lowest BCUT2D eigenvalue weighted by atomic mass is 10.1. The predicted octanol–water partition coefficient (Wildman–Crippen LogP) is 3.57. The van der Waals surface area contributed by atoms with Crippen LogP contribution in [0.25, 0.3) is 0 Å². The average molecular weight is 405 g/mol. The number of aryl methyl sites for hydroxylation is 1. The van der Waals surface area contributed by atoms with E-state index in [2.05, 4.69) is 20.8 Å². The first-order chi connectivity index (χ1) is 12.6. The van der Waals surface area contributed by atoms with Gasteiger partial charge in [-0.1, -0.05) is 46.9 Å². The molecule has 2 amide bonds. The molecule has 1 aromatic carbocycles. The van der Waals surface area contributed by atoms with Gasteiger partial charge in [-0.3, -0.25) is 14.9 Å². The van der Waals surface area contributed by atoms with E-state index in [1.165, 1.54) is 23.1 Å². The van der Waals surface area contributed by atoms with Gasteiger partial charge < -0.3 is 5.32 Å². The maximum atomic E-state index is 12.2. The molecule has 0 saturated heterocycles. The van der Waals surface area contributed by atoms with Crippen LogP contribution in [0.2, 0.25) is 0 Å². The minimum Gasteiger partial charge on any atom is -0.350 e. The van der Waals surface area contributed by atoms with Crippen LogP contribution in [0.1, 0.15) is 20.8 Å². The van der Waals surface area contributed by atoms with Gasteiger partial charge in [-0.2, -0.15) is 0 Å². The van der Waals surface area contributed by atoms with Crippen LogP contribution in [0.4, 0.5) is 5.13 Å². The Labute approximate surface area is 163 Å². The fourth-order valence-corrected chi connectivity index (χ4v) is 4.19. The Morgan fingerprint density at radius 2 is 1.96 bits per heavy atom. The van der Waals surface area contributed by atoms with Gasteiger partial charge in [-0.15, -0.1) is 21.5 Å². The van der Waals surface area contributed by atoms with Crippen LogP contribution in [0.5, 0.6) is 0 Å². The highest BCUT2D eigenvalue weighted by Gasteiger charge is 2.12. The monoisotopic (exact) mass is 404 g/mol. The quantitative estimate of drug-likeness (QED) is 0.465. The molecule has 0 unspecified atom stereocenters. The Morgan fingerprint density at radius 1 is 1.15 bits per heavy atom. The van der Waals surface area contributed by atoms with E-state index in [-0.39, 0.29) is 17.6 Å². The number of aromatic nitrogens is 2. The molecule has 0 aliphatic heterocycles. The number of thioether (sulfide) groups is 1. The van der Waals surface area contributed by atoms with Crippen LogP contribution < -0.4 is 10.6 Å². The summed E-state index contributed by atoms with van der Waals surface area (Å²) in [7, 11) is 0. The van der Waals surface area contributed by atoms with E-state index in [4.69, 9.17) is 0 Å². The summed E-state index contributed by atoms with van der Waals surface area (Å²) in [6.45, 7) is 2.50. The van der Waals surface area contributed by atoms with Gasteiger partial charge >= 0.3 is 0 Å². The second-order valence-corrected chi connectivity index (χ2v) is 8.57. The molecule has 0 radical (unpaired) electrons. The lowest BCUT2D eigenvalue weighted by molar-refractivity contribution is -0.118. The van der Waals surface area contributed by atoms with Gasteiger partial charge in [0, 0.05) is 10.4 Å². The number of nitrogens with one attached hydrogen (secondary N) is 2. The van der Waals surface area contributed by atoms with E-state index < -0.39 is 0 Å². The minimum atomic E-state index is -0.230. The van der Waals surface area contributed by atoms with E-state index in [9.17, 15) is 9.59 Å². The Morgan fingerprint density at radius 3 is 2.69 bits per heavy atom. The molecule has 0 spiro atoms. The molecule has 2 aromatic heterocycles. The maximum absolute atomic E-state index is 12.2. The van der Waals surface area contributed by atoms with Crippen LogP contribution in [0, 0.1) is 6.92 Å². The predicted molar refractivity (Wildman–Crippen MR) is 106 cm³/mol. The number of hydrogen-bond donors (Lipinski definition) is 2. The van der Waals surface area contributed by atoms with Gasteiger partial charge in [0.1, 0.15) is 0 Å². The first-order valence-corrected chi connectivity index (χ1v) is 10.4. The number of amides is 2. The summed E-state index contributed by atoms with van der Waals surface area (Å²) in [6.07, 6.45) is 0. The molecule has 2 N–H and O–H groups in total. The standard InChI is InChI=1S/C17H16N4O2S3/c1-11-4-6-12(7-5-11)15(23)19-16-20-21-17(26-16)25-10-14(22)18-9-13-3-2-8-24-13/h2-8H,9-10H2,1H3,(H,18,22)(H,19,20,23). The number of anilines is 1. The third kappa shape index (κ3) is 5.38. The van der Waals surface area contributed by atoms with Crippen molar-refractivity contribution in [3.8, 4) is 0 Å². The molecule has 6 nitrogen and oxygen atoms in total. The number of hydrogen-bond acceptors (Lipinski definition) is 7. The van der Waals surface area contributed by atoms with E-state index in [0.29, 0.717) is 21.6 Å². The van der Waals surface area contributed by atoms with Gasteiger partial charge in [-0.05, 0) is 30.5 Å². The highest BCUT2D eigenvalue weighted by atomic mass is 32.2. The molecule has 26 heavy (non-hydrogen) atoms. The number of nitrogens with zero attached hydrogens (tertiary/aromatic N) is 2. The van der Waals surface area contributed by atoms with Crippen molar-refractivity contribution in [2.75, 3.05) is 11.1 Å². The summed E-state index contributed by atoms with van der Waals surface area (Å²) in [4.78, 5) is 25.1. The Balaban J connectivity index is 1.46. The normalized spacial score (nSPS) is 10.5. The number of carbonyl (C=O) groups excluding carboxylic acids is 2. The van der Waals surface area contributed by atoms with E-state index >= 15 is 0 Å². The van der Waals surface area contributed by atoms with Crippen LogP contribution in [-0.2, 0) is 11.3 Å². The molecule has 0 bridgehead atoms. The van der Waals surface area contributed by atoms with E-state index in [1.807, 2.05) is 36.6 Å². The summed E-state index contributed by atoms with van der Waals surface area (Å²) >= 11 is 4.15. The molecule has 134 valence electrons. The van der Waals surface area contributed by atoms with Crippen molar-refractivity contribution in [3.63, 3.8) is 0 Å². The lowest BCUT2D eigenvalue weighted by Gasteiger charge is -2.02. The van der Waals surface area contributed by atoms with Crippen LogP contribution in [0.3, 0.4) is 0 Å². The van der Waals surface area contributed by atoms with Gasteiger partial charge in [0.2, 0.25) is 11.0 Å². The van der Waals surface area contributed by atoms with Crippen molar-refractivity contribution in [3.05, 3.63) is 57.8 Å². The summed E-state index contributed by atoms with van der Waals surface area (Å²) < 4.78 is 0.635. The lowest BCUT2D eigenvalue weighted by Crippen LogP contribution is -2.24. The average Bonchev–Trinajstić information content (AvgIpc) is 3.30. The summed E-state index contributed by atoms with van der Waals surface area (Å²) in [6, 6.07) is 11.2. The SMILES string of the molecule is Cc1ccc(C(=O)Nc2nnc(SCC(=O)NCc3cccs3)s2)cc1. The van der Waals surface area contributed by atoms with Crippen LogP contribution in [-0.4, -0.2) is 27.8 Å². The Kier molecular flexibility index (Phi) is 6.37. The highest BCUT2D eigenvalue weighted by molar-refractivity contribution is 8.01. The second kappa shape index (κ2) is 8.93. The summed E-state index contributed by atoms with van der Waals surface area (Å²) in [5, 5.41) is 15.9. The molecule has 2 heterocycles. The molecule has 0 aliphatic carbocycles. The van der Waals surface area contributed by atoms with Gasteiger partial charge in [-0.25, -0.2) is 0 Å². The summed E-state index contributed by atoms with van der Waals surface area (Å²) in [5.74, 6) is -0.0402. The second-order valence-electron chi connectivity index (χ2n) is 5.34. The zero-order valence-electron chi connectivity index (χ0n) is 13.9. The van der Waals surface area contributed by atoms with Crippen molar-refractivity contribution in [1.82, 2.24) is 15.5 Å². The van der Waals surface area contributed by atoms with Crippen molar-refractivity contribution in [1.29, 1.82) is 0 Å². The number of benzene rings is 1. The van der Waals surface area contributed by atoms with Crippen LogP contribution in [0.15, 0.2) is 46.1 Å². The molecule has 3 rings (SSSR count). The minimum absolute atomic E-state index is 0.0659. The van der Waals surface area contributed by atoms with Gasteiger partial charge in [0.25, 0.3) is 5.91 Å². The Hall–Kier alpha value is -2.23. The summed E-state index contributed by atoms with van der Waals surface area (Å²) in [5.41, 5.74) is 1.65. The highest BCUT2D eigenvalue weighted by Crippen LogP contribution is 2.25. The molecule has 3 aromatic rings. The van der Waals surface area contributed by atoms with E-state index in [0.717, 1.165) is 10.4 Å². The van der Waals surface area contributed by atoms with Crippen molar-refractivity contribution >= 4 is 51.4 Å². The number of rotatable bonds is 7. The zero-order chi connectivity index (χ0) is 18.4. The topological polar surface area (TPSA) is 84.0 Å². The number of carbonyl (C=O) groups is 2. The fraction of sp³-hybridized carbons (Fsp3) is 0.176. The fourth-order valence-electron chi connectivity index (χ4n) is 1.97. The smallest absolute Gasteiger partial charge is 0.257 e. The van der Waals surface area contributed by atoms with Crippen molar-refractivity contribution < 1.29 is 9.59 Å². The van der Waals surface area contributed by atoms with Gasteiger partial charge in [0.05, 0.1) is 12.3 Å². The largest absolute Gasteiger partial charge is 0.350 e.